The predicted molar refractivity (Wildman–Crippen MR) is 80.7 cm³/mol. The Balaban J connectivity index is 1.95. The van der Waals surface area contributed by atoms with Crippen LogP contribution in [-0.2, 0) is 6.42 Å². The molecule has 1 aromatic rings. The van der Waals surface area contributed by atoms with Gasteiger partial charge in [-0.2, -0.15) is 0 Å². The molecule has 0 radical (unpaired) electrons. The summed E-state index contributed by atoms with van der Waals surface area (Å²) in [5.74, 6) is 0.934. The van der Waals surface area contributed by atoms with Crippen LogP contribution in [0.15, 0.2) is 12.1 Å². The fraction of sp³-hybridized carbons (Fsp3) is 0.643. The lowest BCUT2D eigenvalue weighted by molar-refractivity contribution is 0.0696. The topological polar surface area (TPSA) is 20.3 Å². The molecule has 0 saturated carbocycles. The van der Waals surface area contributed by atoms with Gasteiger partial charge in [-0.15, -0.1) is 11.3 Å². The average Bonchev–Trinajstić information content (AvgIpc) is 2.86. The first-order chi connectivity index (χ1) is 8.61. The minimum atomic E-state index is 0.223. The van der Waals surface area contributed by atoms with Crippen molar-refractivity contribution in [1.29, 1.82) is 0 Å². The quantitative estimate of drug-likeness (QED) is 0.769. The Bertz CT molecular complexity index is 408. The molecule has 18 heavy (non-hydrogen) atoms. The van der Waals surface area contributed by atoms with Crippen LogP contribution in [-0.4, -0.2) is 28.7 Å². The van der Waals surface area contributed by atoms with Gasteiger partial charge >= 0.3 is 0 Å². The lowest BCUT2D eigenvalue weighted by Crippen LogP contribution is -2.39. The van der Waals surface area contributed by atoms with Crippen molar-refractivity contribution in [1.82, 2.24) is 4.90 Å². The summed E-state index contributed by atoms with van der Waals surface area (Å²) in [6, 6.07) is 4.05. The maximum absolute atomic E-state index is 12.3. The van der Waals surface area contributed by atoms with Gasteiger partial charge in [0, 0.05) is 22.8 Å². The Morgan fingerprint density at radius 1 is 1.50 bits per heavy atom. The number of thiophene rings is 1. The van der Waals surface area contributed by atoms with E-state index in [1.54, 1.807) is 11.3 Å². The third-order valence-electron chi connectivity index (χ3n) is 3.70. The van der Waals surface area contributed by atoms with Crippen LogP contribution in [0.4, 0.5) is 0 Å². The van der Waals surface area contributed by atoms with Crippen LogP contribution in [0, 0.1) is 5.92 Å². The highest BCUT2D eigenvalue weighted by Gasteiger charge is 2.26. The van der Waals surface area contributed by atoms with Crippen molar-refractivity contribution >= 4 is 33.2 Å². The number of hydrogen-bond donors (Lipinski definition) is 0. The highest BCUT2D eigenvalue weighted by Crippen LogP contribution is 2.27. The summed E-state index contributed by atoms with van der Waals surface area (Å²) in [6.45, 7) is 6.13. The zero-order valence-electron chi connectivity index (χ0n) is 11.0. The van der Waals surface area contributed by atoms with Gasteiger partial charge in [0.05, 0.1) is 4.88 Å². The van der Waals surface area contributed by atoms with Gasteiger partial charge < -0.3 is 4.90 Å². The summed E-state index contributed by atoms with van der Waals surface area (Å²) >= 11 is 5.29. The smallest absolute Gasteiger partial charge is 0.263 e. The Morgan fingerprint density at radius 3 is 2.67 bits per heavy atom. The van der Waals surface area contributed by atoms with Crippen molar-refractivity contribution in [2.45, 2.75) is 37.9 Å². The first kappa shape index (κ1) is 14.1. The van der Waals surface area contributed by atoms with E-state index in [0.29, 0.717) is 10.7 Å². The van der Waals surface area contributed by atoms with Gasteiger partial charge in [0.2, 0.25) is 0 Å². The van der Waals surface area contributed by atoms with Crippen LogP contribution in [0.2, 0.25) is 0 Å². The van der Waals surface area contributed by atoms with E-state index in [-0.39, 0.29) is 5.91 Å². The molecule has 1 atom stereocenters. The molecule has 1 saturated heterocycles. The largest absolute Gasteiger partial charge is 0.338 e. The molecule has 0 aliphatic carbocycles. The Labute approximate surface area is 122 Å². The predicted octanol–water partition coefficient (Wildman–Crippen LogP) is 3.95. The molecular formula is C14H20BrNOS. The third kappa shape index (κ3) is 3.15. The number of hydrogen-bond acceptors (Lipinski definition) is 2. The summed E-state index contributed by atoms with van der Waals surface area (Å²) in [4.78, 5) is 17.1. The summed E-state index contributed by atoms with van der Waals surface area (Å²) < 4.78 is 0. The summed E-state index contributed by atoms with van der Waals surface area (Å²) in [5, 5.41) is 0. The Hall–Kier alpha value is -0.350. The van der Waals surface area contributed by atoms with E-state index in [4.69, 9.17) is 0 Å². The minimum Gasteiger partial charge on any atom is -0.338 e. The molecule has 1 aliphatic rings. The molecule has 100 valence electrons. The molecular weight excluding hydrogens is 310 g/mol. The molecule has 1 unspecified atom stereocenters. The van der Waals surface area contributed by atoms with Crippen molar-refractivity contribution in [3.05, 3.63) is 21.9 Å². The van der Waals surface area contributed by atoms with E-state index in [9.17, 15) is 4.79 Å². The molecule has 2 nitrogen and oxygen atoms in total. The maximum atomic E-state index is 12.3. The molecule has 1 fully saturated rings. The molecule has 2 heterocycles. The number of likely N-dealkylation sites (tertiary alicyclic amines) is 1. The zero-order chi connectivity index (χ0) is 13.1. The fourth-order valence-corrected chi connectivity index (χ4v) is 3.84. The second-order valence-corrected chi connectivity index (χ2v) is 7.54. The molecule has 0 N–H and O–H groups in total. The highest BCUT2D eigenvalue weighted by molar-refractivity contribution is 9.09. The number of alkyl halides is 1. The van der Waals surface area contributed by atoms with Gasteiger partial charge in [0.25, 0.3) is 5.91 Å². The average molecular weight is 330 g/mol. The Morgan fingerprint density at radius 2 is 2.17 bits per heavy atom. The third-order valence-corrected chi connectivity index (χ3v) is 5.66. The molecule has 0 bridgehead atoms. The van der Waals surface area contributed by atoms with Crippen molar-refractivity contribution < 1.29 is 4.79 Å². The van der Waals surface area contributed by atoms with Gasteiger partial charge in [-0.1, -0.05) is 29.8 Å². The zero-order valence-corrected chi connectivity index (χ0v) is 13.4. The standard InChI is InChI=1S/C14H20BrNOS/c1-3-12-4-5-13(18-12)14(17)16-8-6-11(7-9-16)10(2)15/h4-5,10-11H,3,6-9H2,1-2H3. The molecule has 0 spiro atoms. The molecule has 4 heteroatoms. The van der Waals surface area contributed by atoms with E-state index in [2.05, 4.69) is 35.8 Å². The second-order valence-electron chi connectivity index (χ2n) is 4.93. The second kappa shape index (κ2) is 6.20. The lowest BCUT2D eigenvalue weighted by atomic mass is 9.94. The SMILES string of the molecule is CCc1ccc(C(=O)N2CCC(C(C)Br)CC2)s1. The molecule has 0 aromatic carbocycles. The number of rotatable bonds is 3. The van der Waals surface area contributed by atoms with E-state index >= 15 is 0 Å². The molecule has 1 aromatic heterocycles. The van der Waals surface area contributed by atoms with Crippen molar-refractivity contribution in [3.8, 4) is 0 Å². The molecule has 1 aliphatic heterocycles. The normalized spacial score (nSPS) is 18.9. The van der Waals surface area contributed by atoms with Crippen molar-refractivity contribution in [2.75, 3.05) is 13.1 Å². The maximum Gasteiger partial charge on any atom is 0.263 e. The minimum absolute atomic E-state index is 0.223. The van der Waals surface area contributed by atoms with E-state index in [0.717, 1.165) is 37.2 Å². The van der Waals surface area contributed by atoms with E-state index in [1.165, 1.54) is 4.88 Å². The van der Waals surface area contributed by atoms with Gasteiger partial charge in [-0.3, -0.25) is 4.79 Å². The van der Waals surface area contributed by atoms with Crippen molar-refractivity contribution in [2.24, 2.45) is 5.92 Å². The number of carbonyl (C=O) groups excluding carboxylic acids is 1. The monoisotopic (exact) mass is 329 g/mol. The van der Waals surface area contributed by atoms with Gasteiger partial charge in [-0.25, -0.2) is 0 Å². The van der Waals surface area contributed by atoms with Crippen LogP contribution in [0.1, 0.15) is 41.2 Å². The summed E-state index contributed by atoms with van der Waals surface area (Å²) in [5.41, 5.74) is 0. The number of piperidine rings is 1. The van der Waals surface area contributed by atoms with Crippen LogP contribution in [0.25, 0.3) is 0 Å². The number of halogens is 1. The number of amides is 1. The summed E-state index contributed by atoms with van der Waals surface area (Å²) in [7, 11) is 0. The van der Waals surface area contributed by atoms with Crippen LogP contribution >= 0.6 is 27.3 Å². The van der Waals surface area contributed by atoms with Gasteiger partial charge in [0.1, 0.15) is 0 Å². The first-order valence-electron chi connectivity index (χ1n) is 6.64. The Kier molecular flexibility index (Phi) is 4.84. The molecule has 2 rings (SSSR count). The highest BCUT2D eigenvalue weighted by atomic mass is 79.9. The van der Waals surface area contributed by atoms with E-state index in [1.807, 2.05) is 11.0 Å². The fourth-order valence-electron chi connectivity index (χ4n) is 2.40. The first-order valence-corrected chi connectivity index (χ1v) is 8.37. The van der Waals surface area contributed by atoms with Crippen molar-refractivity contribution in [3.63, 3.8) is 0 Å². The van der Waals surface area contributed by atoms with Crippen LogP contribution in [0.3, 0.4) is 0 Å². The number of carbonyl (C=O) groups is 1. The van der Waals surface area contributed by atoms with E-state index < -0.39 is 0 Å². The molecule has 1 amide bonds. The number of nitrogens with zero attached hydrogens (tertiary/aromatic N) is 1. The van der Waals surface area contributed by atoms with Gasteiger partial charge in [-0.05, 0) is 37.3 Å². The summed E-state index contributed by atoms with van der Waals surface area (Å²) in [6.07, 6.45) is 3.25. The lowest BCUT2D eigenvalue weighted by Gasteiger charge is -2.33. The van der Waals surface area contributed by atoms with Gasteiger partial charge in [0.15, 0.2) is 0 Å². The van der Waals surface area contributed by atoms with Crippen LogP contribution in [0.5, 0.6) is 0 Å². The number of aryl methyl sites for hydroxylation is 1. The van der Waals surface area contributed by atoms with Crippen LogP contribution < -0.4 is 0 Å².